The van der Waals surface area contributed by atoms with Crippen molar-refractivity contribution in [3.05, 3.63) is 29.8 Å². The Morgan fingerprint density at radius 1 is 1.31 bits per heavy atom. The third kappa shape index (κ3) is 3.14. The van der Waals surface area contributed by atoms with Crippen LogP contribution in [-0.2, 0) is 0 Å². The SMILES string of the molecule is CC(=O)c1ccc(SC(F)F)cc1. The molecule has 0 aromatic heterocycles. The van der Waals surface area contributed by atoms with Crippen molar-refractivity contribution in [2.45, 2.75) is 17.6 Å². The first-order valence-corrected chi connectivity index (χ1v) is 4.53. The van der Waals surface area contributed by atoms with Crippen molar-refractivity contribution in [1.82, 2.24) is 0 Å². The number of alkyl halides is 2. The van der Waals surface area contributed by atoms with Crippen LogP contribution in [0.2, 0.25) is 0 Å². The van der Waals surface area contributed by atoms with Crippen LogP contribution >= 0.6 is 11.8 Å². The van der Waals surface area contributed by atoms with Crippen molar-refractivity contribution in [1.29, 1.82) is 0 Å². The molecule has 0 fully saturated rings. The van der Waals surface area contributed by atoms with Gasteiger partial charge in [-0.05, 0) is 19.1 Å². The summed E-state index contributed by atoms with van der Waals surface area (Å²) in [5.74, 6) is -2.48. The van der Waals surface area contributed by atoms with Gasteiger partial charge in [-0.25, -0.2) is 0 Å². The zero-order valence-electron chi connectivity index (χ0n) is 6.96. The van der Waals surface area contributed by atoms with Crippen LogP contribution in [0.25, 0.3) is 0 Å². The molecule has 0 atom stereocenters. The predicted octanol–water partition coefficient (Wildman–Crippen LogP) is 3.20. The van der Waals surface area contributed by atoms with Crippen LogP contribution in [0.1, 0.15) is 17.3 Å². The summed E-state index contributed by atoms with van der Waals surface area (Å²) in [6.45, 7) is 1.44. The topological polar surface area (TPSA) is 17.1 Å². The van der Waals surface area contributed by atoms with E-state index in [1.807, 2.05) is 0 Å². The largest absolute Gasteiger partial charge is 0.295 e. The molecule has 0 spiro atoms. The van der Waals surface area contributed by atoms with Gasteiger partial charge in [0.25, 0.3) is 5.76 Å². The van der Waals surface area contributed by atoms with Crippen LogP contribution in [0.3, 0.4) is 0 Å². The minimum Gasteiger partial charge on any atom is -0.295 e. The Labute approximate surface area is 79.1 Å². The molecule has 0 N–H and O–H groups in total. The Hall–Kier alpha value is -0.900. The van der Waals surface area contributed by atoms with Crippen molar-refractivity contribution in [3.63, 3.8) is 0 Å². The second-order valence-corrected chi connectivity index (χ2v) is 3.52. The van der Waals surface area contributed by atoms with Crippen molar-refractivity contribution in [2.75, 3.05) is 0 Å². The average Bonchev–Trinajstić information content (AvgIpc) is 2.04. The van der Waals surface area contributed by atoms with E-state index in [0.29, 0.717) is 22.2 Å². The van der Waals surface area contributed by atoms with E-state index >= 15 is 0 Å². The van der Waals surface area contributed by atoms with Crippen LogP contribution < -0.4 is 0 Å². The number of hydrogen-bond donors (Lipinski definition) is 0. The first-order valence-electron chi connectivity index (χ1n) is 3.65. The van der Waals surface area contributed by atoms with E-state index in [4.69, 9.17) is 0 Å². The second-order valence-electron chi connectivity index (χ2n) is 2.46. The molecule has 1 aromatic rings. The monoisotopic (exact) mass is 202 g/mol. The lowest BCUT2D eigenvalue weighted by Gasteiger charge is -2.00. The summed E-state index contributed by atoms with van der Waals surface area (Å²) < 4.78 is 23.8. The standard InChI is InChI=1S/C9H8F2OS/c1-6(12)7-2-4-8(5-3-7)13-9(10)11/h2-5,9H,1H3. The molecule has 0 heterocycles. The summed E-state index contributed by atoms with van der Waals surface area (Å²) in [7, 11) is 0. The van der Waals surface area contributed by atoms with E-state index in [1.165, 1.54) is 19.1 Å². The fourth-order valence-electron chi connectivity index (χ4n) is 0.871. The zero-order chi connectivity index (χ0) is 9.84. The minimum absolute atomic E-state index is 0.0615. The van der Waals surface area contributed by atoms with E-state index in [2.05, 4.69) is 0 Å². The van der Waals surface area contributed by atoms with Crippen LogP contribution in [0, 0.1) is 0 Å². The third-order valence-corrected chi connectivity index (χ3v) is 2.21. The number of carbonyl (C=O) groups is 1. The van der Waals surface area contributed by atoms with E-state index < -0.39 is 5.76 Å². The van der Waals surface area contributed by atoms with E-state index in [-0.39, 0.29) is 5.78 Å². The Bertz CT molecular complexity index is 295. The lowest BCUT2D eigenvalue weighted by Crippen LogP contribution is -1.90. The van der Waals surface area contributed by atoms with Gasteiger partial charge in [0.2, 0.25) is 0 Å². The molecule has 0 saturated heterocycles. The highest BCUT2D eigenvalue weighted by Gasteiger charge is 2.05. The van der Waals surface area contributed by atoms with Gasteiger partial charge in [-0.1, -0.05) is 23.9 Å². The van der Waals surface area contributed by atoms with E-state index in [0.717, 1.165) is 0 Å². The molecule has 1 aromatic carbocycles. The molecule has 1 rings (SSSR count). The van der Waals surface area contributed by atoms with E-state index in [1.54, 1.807) is 12.1 Å². The first kappa shape index (κ1) is 10.2. The maximum absolute atomic E-state index is 11.9. The Balaban J connectivity index is 2.75. The summed E-state index contributed by atoms with van der Waals surface area (Å²) in [6.07, 6.45) is 0. The number of carbonyl (C=O) groups excluding carboxylic acids is 1. The number of ketones is 1. The van der Waals surface area contributed by atoms with Crippen LogP contribution in [0.15, 0.2) is 29.2 Å². The molecular formula is C9H8F2OS. The number of thioether (sulfide) groups is 1. The quantitative estimate of drug-likeness (QED) is 0.553. The maximum atomic E-state index is 11.9. The fourth-order valence-corrected chi connectivity index (χ4v) is 1.37. The number of halogens is 2. The third-order valence-electron chi connectivity index (χ3n) is 1.49. The summed E-state index contributed by atoms with van der Waals surface area (Å²) in [6, 6.07) is 6.14. The van der Waals surface area contributed by atoms with Crippen molar-refractivity contribution in [2.24, 2.45) is 0 Å². The van der Waals surface area contributed by atoms with Gasteiger partial charge >= 0.3 is 0 Å². The van der Waals surface area contributed by atoms with E-state index in [9.17, 15) is 13.6 Å². The van der Waals surface area contributed by atoms with Gasteiger partial charge in [0.15, 0.2) is 5.78 Å². The highest BCUT2D eigenvalue weighted by molar-refractivity contribution is 7.99. The highest BCUT2D eigenvalue weighted by atomic mass is 32.2. The van der Waals surface area contributed by atoms with Gasteiger partial charge in [-0.2, -0.15) is 8.78 Å². The molecule has 70 valence electrons. The molecule has 4 heteroatoms. The molecule has 0 amide bonds. The van der Waals surface area contributed by atoms with Gasteiger partial charge in [-0.3, -0.25) is 4.79 Å². The van der Waals surface area contributed by atoms with Gasteiger partial charge in [0.1, 0.15) is 0 Å². The lowest BCUT2D eigenvalue weighted by molar-refractivity contribution is 0.101. The second kappa shape index (κ2) is 4.37. The van der Waals surface area contributed by atoms with Crippen LogP contribution in [0.5, 0.6) is 0 Å². The minimum atomic E-state index is -2.41. The smallest absolute Gasteiger partial charge is 0.288 e. The van der Waals surface area contributed by atoms with Gasteiger partial charge < -0.3 is 0 Å². The number of benzene rings is 1. The average molecular weight is 202 g/mol. The molecule has 0 aliphatic heterocycles. The van der Waals surface area contributed by atoms with Crippen molar-refractivity contribution < 1.29 is 13.6 Å². The zero-order valence-corrected chi connectivity index (χ0v) is 7.78. The van der Waals surface area contributed by atoms with Gasteiger partial charge in [0.05, 0.1) is 0 Å². The van der Waals surface area contributed by atoms with Gasteiger partial charge in [0, 0.05) is 10.5 Å². The predicted molar refractivity (Wildman–Crippen MR) is 48.3 cm³/mol. The Kier molecular flexibility index (Phi) is 3.42. The highest BCUT2D eigenvalue weighted by Crippen LogP contribution is 2.25. The molecule has 0 aliphatic rings. The molecule has 0 unspecified atom stereocenters. The number of rotatable bonds is 3. The molecule has 0 saturated carbocycles. The molecule has 13 heavy (non-hydrogen) atoms. The van der Waals surface area contributed by atoms with Crippen molar-refractivity contribution in [3.8, 4) is 0 Å². The summed E-state index contributed by atoms with van der Waals surface area (Å²) in [5, 5.41) is 0. The summed E-state index contributed by atoms with van der Waals surface area (Å²) >= 11 is 0.474. The molecule has 1 nitrogen and oxygen atoms in total. The lowest BCUT2D eigenvalue weighted by atomic mass is 10.2. The molecule has 0 radical (unpaired) electrons. The molecule has 0 aliphatic carbocycles. The van der Waals surface area contributed by atoms with Crippen LogP contribution in [-0.4, -0.2) is 11.5 Å². The van der Waals surface area contributed by atoms with Crippen molar-refractivity contribution >= 4 is 17.5 Å². The Morgan fingerprint density at radius 2 is 1.85 bits per heavy atom. The molecular weight excluding hydrogens is 194 g/mol. The molecule has 0 bridgehead atoms. The Morgan fingerprint density at radius 3 is 2.23 bits per heavy atom. The summed E-state index contributed by atoms with van der Waals surface area (Å²) in [5.41, 5.74) is 0.540. The van der Waals surface area contributed by atoms with Gasteiger partial charge in [-0.15, -0.1) is 0 Å². The fraction of sp³-hybridized carbons (Fsp3) is 0.222. The summed E-state index contributed by atoms with van der Waals surface area (Å²) in [4.78, 5) is 11.3. The first-order chi connectivity index (χ1) is 6.09. The van der Waals surface area contributed by atoms with Crippen LogP contribution in [0.4, 0.5) is 8.78 Å². The maximum Gasteiger partial charge on any atom is 0.288 e. The normalized spacial score (nSPS) is 10.5. The number of hydrogen-bond acceptors (Lipinski definition) is 2. The number of Topliss-reactive ketones (excluding diaryl/α,β-unsaturated/α-hetero) is 1.